The molecule has 0 aliphatic carbocycles. The Bertz CT molecular complexity index is 665. The largest absolute Gasteiger partial charge is 0.392 e. The van der Waals surface area contributed by atoms with Gasteiger partial charge in [0, 0.05) is 5.56 Å². The first-order valence-corrected chi connectivity index (χ1v) is 5.79. The van der Waals surface area contributed by atoms with Crippen molar-refractivity contribution >= 4 is 11.7 Å². The van der Waals surface area contributed by atoms with Gasteiger partial charge < -0.3 is 10.1 Å². The zero-order chi connectivity index (χ0) is 14.7. The van der Waals surface area contributed by atoms with E-state index in [0.717, 1.165) is 5.56 Å². The lowest BCUT2D eigenvalue weighted by Crippen LogP contribution is -2.30. The van der Waals surface area contributed by atoms with Crippen molar-refractivity contribution in [3.63, 3.8) is 0 Å². The number of benzene rings is 1. The maximum absolute atomic E-state index is 11.4. The van der Waals surface area contributed by atoms with E-state index in [-0.39, 0.29) is 5.82 Å². The third kappa shape index (κ3) is 2.81. The fourth-order valence-electron chi connectivity index (χ4n) is 1.85. The molecule has 1 amide bonds. The number of hydrogen-bond donors (Lipinski definition) is 2. The smallest absolute Gasteiger partial charge is 0.358 e. The van der Waals surface area contributed by atoms with E-state index < -0.39 is 10.8 Å². The number of carbonyl (C=O) groups excluding carboxylic acids is 1. The van der Waals surface area contributed by atoms with Crippen LogP contribution in [0.15, 0.2) is 30.5 Å². The number of nitro groups is 1. The highest BCUT2D eigenvalue weighted by atomic mass is 16.6. The summed E-state index contributed by atoms with van der Waals surface area (Å²) >= 11 is 0. The van der Waals surface area contributed by atoms with Gasteiger partial charge in [0.1, 0.15) is 0 Å². The van der Waals surface area contributed by atoms with Crippen molar-refractivity contribution in [2.24, 2.45) is 5.84 Å². The second-order valence-electron chi connectivity index (χ2n) is 4.26. The molecule has 1 aromatic heterocycles. The summed E-state index contributed by atoms with van der Waals surface area (Å²) in [6.07, 6.45) is 1.59. The first-order chi connectivity index (χ1) is 9.51. The standard InChI is InChI=1S/C12H13N5O3/c1-8-6-16(15-11(8)17(19)20)7-9-3-2-4-10(5-9)12(18)14-13/h2-6H,7,13H2,1H3,(H,14,18). The van der Waals surface area contributed by atoms with Crippen molar-refractivity contribution in [3.05, 3.63) is 57.3 Å². The molecule has 8 heteroatoms. The summed E-state index contributed by atoms with van der Waals surface area (Å²) < 4.78 is 1.47. The minimum absolute atomic E-state index is 0.166. The molecule has 20 heavy (non-hydrogen) atoms. The van der Waals surface area contributed by atoms with Crippen LogP contribution in [0.25, 0.3) is 0 Å². The highest BCUT2D eigenvalue weighted by Gasteiger charge is 2.17. The molecular weight excluding hydrogens is 262 g/mol. The first kappa shape index (κ1) is 13.7. The van der Waals surface area contributed by atoms with E-state index >= 15 is 0 Å². The second-order valence-corrected chi connectivity index (χ2v) is 4.26. The van der Waals surface area contributed by atoms with Crippen molar-refractivity contribution in [1.29, 1.82) is 0 Å². The topological polar surface area (TPSA) is 116 Å². The molecule has 0 spiro atoms. The maximum atomic E-state index is 11.4. The molecule has 0 radical (unpaired) electrons. The number of nitrogens with zero attached hydrogens (tertiary/aromatic N) is 3. The van der Waals surface area contributed by atoms with Gasteiger partial charge in [-0.05, 0) is 29.5 Å². The average Bonchev–Trinajstić information content (AvgIpc) is 2.79. The lowest BCUT2D eigenvalue weighted by Gasteiger charge is -2.02. The molecule has 0 fully saturated rings. The molecule has 2 aromatic rings. The van der Waals surface area contributed by atoms with Gasteiger partial charge >= 0.3 is 5.82 Å². The van der Waals surface area contributed by atoms with Crippen LogP contribution in [-0.2, 0) is 6.54 Å². The Morgan fingerprint density at radius 2 is 2.30 bits per heavy atom. The van der Waals surface area contributed by atoms with E-state index in [0.29, 0.717) is 17.7 Å². The predicted molar refractivity (Wildman–Crippen MR) is 70.8 cm³/mol. The van der Waals surface area contributed by atoms with Crippen LogP contribution < -0.4 is 11.3 Å². The number of aryl methyl sites for hydroxylation is 1. The van der Waals surface area contributed by atoms with Gasteiger partial charge in [-0.3, -0.25) is 10.2 Å². The molecule has 0 unspecified atom stereocenters. The lowest BCUT2D eigenvalue weighted by atomic mass is 10.1. The van der Waals surface area contributed by atoms with Crippen molar-refractivity contribution in [3.8, 4) is 0 Å². The normalized spacial score (nSPS) is 10.3. The van der Waals surface area contributed by atoms with Crippen LogP contribution in [0.4, 0.5) is 5.82 Å². The predicted octanol–water partition coefficient (Wildman–Crippen LogP) is 0.752. The van der Waals surface area contributed by atoms with E-state index in [1.807, 2.05) is 5.43 Å². The molecular formula is C12H13N5O3. The molecule has 0 bridgehead atoms. The van der Waals surface area contributed by atoms with Crippen LogP contribution in [-0.4, -0.2) is 20.6 Å². The molecule has 0 saturated carbocycles. The molecule has 104 valence electrons. The summed E-state index contributed by atoms with van der Waals surface area (Å²) in [7, 11) is 0. The minimum atomic E-state index is -0.524. The van der Waals surface area contributed by atoms with Crippen molar-refractivity contribution in [2.75, 3.05) is 0 Å². The Morgan fingerprint density at radius 1 is 1.55 bits per heavy atom. The zero-order valence-electron chi connectivity index (χ0n) is 10.7. The monoisotopic (exact) mass is 275 g/mol. The number of rotatable bonds is 4. The number of aromatic nitrogens is 2. The van der Waals surface area contributed by atoms with Crippen LogP contribution in [0.1, 0.15) is 21.5 Å². The number of nitrogens with one attached hydrogen (secondary N) is 1. The van der Waals surface area contributed by atoms with Gasteiger partial charge in [-0.15, -0.1) is 0 Å². The van der Waals surface area contributed by atoms with Crippen molar-refractivity contribution in [2.45, 2.75) is 13.5 Å². The Balaban J connectivity index is 2.24. The third-order valence-electron chi connectivity index (χ3n) is 2.76. The Kier molecular flexibility index (Phi) is 3.76. The van der Waals surface area contributed by atoms with Crippen molar-refractivity contribution < 1.29 is 9.72 Å². The summed E-state index contributed by atoms with van der Waals surface area (Å²) in [6, 6.07) is 6.80. The number of carbonyl (C=O) groups is 1. The number of nitrogens with two attached hydrogens (primary N) is 1. The average molecular weight is 275 g/mol. The third-order valence-corrected chi connectivity index (χ3v) is 2.76. The van der Waals surface area contributed by atoms with Crippen LogP contribution in [0.3, 0.4) is 0 Å². The van der Waals surface area contributed by atoms with E-state index in [1.54, 1.807) is 37.4 Å². The molecule has 0 atom stereocenters. The Labute approximate surface area is 114 Å². The fraction of sp³-hybridized carbons (Fsp3) is 0.167. The highest BCUT2D eigenvalue weighted by molar-refractivity contribution is 5.93. The van der Waals surface area contributed by atoms with Crippen LogP contribution >= 0.6 is 0 Å². The minimum Gasteiger partial charge on any atom is -0.358 e. The van der Waals surface area contributed by atoms with Crippen LogP contribution in [0.2, 0.25) is 0 Å². The molecule has 8 nitrogen and oxygen atoms in total. The molecule has 2 rings (SSSR count). The summed E-state index contributed by atoms with van der Waals surface area (Å²) in [5.74, 6) is 4.51. The van der Waals surface area contributed by atoms with E-state index in [2.05, 4.69) is 5.10 Å². The molecule has 1 heterocycles. The fourth-order valence-corrected chi connectivity index (χ4v) is 1.85. The van der Waals surface area contributed by atoms with Crippen LogP contribution in [0.5, 0.6) is 0 Å². The number of nitrogen functional groups attached to an aromatic ring is 1. The Morgan fingerprint density at radius 3 is 2.90 bits per heavy atom. The van der Waals surface area contributed by atoms with E-state index in [4.69, 9.17) is 5.84 Å². The van der Waals surface area contributed by atoms with Gasteiger partial charge in [-0.1, -0.05) is 12.1 Å². The second kappa shape index (κ2) is 5.49. The molecule has 0 saturated heterocycles. The molecule has 0 aliphatic rings. The molecule has 3 N–H and O–H groups in total. The molecule has 0 aliphatic heterocycles. The summed E-state index contributed by atoms with van der Waals surface area (Å²) in [4.78, 5) is 21.6. The SMILES string of the molecule is Cc1cn(Cc2cccc(C(=O)NN)c2)nc1[N+](=O)[O-]. The van der Waals surface area contributed by atoms with Gasteiger partial charge in [-0.2, -0.15) is 4.68 Å². The summed E-state index contributed by atoms with van der Waals surface area (Å²) in [6.45, 7) is 1.96. The van der Waals surface area contributed by atoms with Gasteiger partial charge in [0.2, 0.25) is 0 Å². The Hall–Kier alpha value is -2.74. The van der Waals surface area contributed by atoms with Gasteiger partial charge in [-0.25, -0.2) is 5.84 Å². The zero-order valence-corrected chi connectivity index (χ0v) is 10.7. The van der Waals surface area contributed by atoms with E-state index in [1.165, 1.54) is 4.68 Å². The highest BCUT2D eigenvalue weighted by Crippen LogP contribution is 2.15. The summed E-state index contributed by atoms with van der Waals surface area (Å²) in [5, 5.41) is 14.6. The van der Waals surface area contributed by atoms with Gasteiger partial charge in [0.25, 0.3) is 5.91 Å². The van der Waals surface area contributed by atoms with Crippen LogP contribution in [0, 0.1) is 17.0 Å². The number of hydrogen-bond acceptors (Lipinski definition) is 5. The lowest BCUT2D eigenvalue weighted by molar-refractivity contribution is -0.390. The first-order valence-electron chi connectivity index (χ1n) is 5.79. The van der Waals surface area contributed by atoms with Gasteiger partial charge in [0.15, 0.2) is 0 Å². The summed E-state index contributed by atoms with van der Waals surface area (Å²) in [5.41, 5.74) is 3.76. The molecule has 1 aromatic carbocycles. The van der Waals surface area contributed by atoms with Gasteiger partial charge in [0.05, 0.1) is 23.4 Å². The maximum Gasteiger partial charge on any atom is 0.392 e. The number of hydrazine groups is 1. The van der Waals surface area contributed by atoms with Crippen molar-refractivity contribution in [1.82, 2.24) is 15.2 Å². The quantitative estimate of drug-likeness (QED) is 0.369. The van der Waals surface area contributed by atoms with E-state index in [9.17, 15) is 14.9 Å². The number of amides is 1.